The molecule has 0 aromatic heterocycles. The second kappa shape index (κ2) is 2.97. The molecule has 0 saturated heterocycles. The minimum Gasteiger partial charge on any atom is -0.274 e. The molecule has 0 bridgehead atoms. The summed E-state index contributed by atoms with van der Waals surface area (Å²) >= 11 is 0. The predicted octanol–water partition coefficient (Wildman–Crippen LogP) is 0.498. The van der Waals surface area contributed by atoms with Crippen molar-refractivity contribution in [2.75, 3.05) is 6.26 Å². The van der Waals surface area contributed by atoms with Crippen LogP contribution in [0.25, 0.3) is 0 Å². The molecule has 1 N–H and O–H groups in total. The van der Waals surface area contributed by atoms with Gasteiger partial charge < -0.3 is 0 Å². The van der Waals surface area contributed by atoms with Gasteiger partial charge in [-0.1, -0.05) is 13.8 Å². The van der Waals surface area contributed by atoms with Crippen LogP contribution in [0.15, 0.2) is 0 Å². The molecule has 1 saturated carbocycles. The Morgan fingerprint density at radius 1 is 1.62 bits per heavy atom. The molecule has 1 aliphatic rings. The van der Waals surface area contributed by atoms with E-state index < -0.39 is 10.0 Å². The second-order valence-electron chi connectivity index (χ2n) is 4.00. The Morgan fingerprint density at radius 3 is 2.46 bits per heavy atom. The summed E-state index contributed by atoms with van der Waals surface area (Å²) in [4.78, 5) is 11.3. The fraction of sp³-hybridized carbons (Fsp3) is 0.875. The van der Waals surface area contributed by atoms with Crippen molar-refractivity contribution in [3.8, 4) is 0 Å². The van der Waals surface area contributed by atoms with Crippen LogP contribution >= 0.6 is 0 Å². The molecular formula is C8H15NO3S. The van der Waals surface area contributed by atoms with Crippen LogP contribution in [0, 0.1) is 11.3 Å². The van der Waals surface area contributed by atoms with E-state index in [0.29, 0.717) is 0 Å². The number of amides is 1. The first-order valence-corrected chi connectivity index (χ1v) is 6.19. The summed E-state index contributed by atoms with van der Waals surface area (Å²) in [5.41, 5.74) is 0.0226. The van der Waals surface area contributed by atoms with Gasteiger partial charge in [-0.15, -0.1) is 0 Å². The van der Waals surface area contributed by atoms with E-state index in [4.69, 9.17) is 0 Å². The third-order valence-electron chi connectivity index (χ3n) is 2.76. The largest absolute Gasteiger partial charge is 0.274 e. The van der Waals surface area contributed by atoms with Crippen molar-refractivity contribution in [3.63, 3.8) is 0 Å². The highest BCUT2D eigenvalue weighted by Gasteiger charge is 2.53. The Balaban J connectivity index is 2.55. The average molecular weight is 205 g/mol. The number of nitrogens with one attached hydrogen (secondary N) is 1. The maximum absolute atomic E-state index is 11.3. The molecule has 0 aliphatic heterocycles. The number of rotatable bonds is 3. The molecule has 1 amide bonds. The SMILES string of the molecule is CCC1(C)CC1C(=O)NS(C)(=O)=O. The van der Waals surface area contributed by atoms with E-state index in [-0.39, 0.29) is 17.2 Å². The van der Waals surface area contributed by atoms with Crippen molar-refractivity contribution in [3.05, 3.63) is 0 Å². The standard InChI is InChI=1S/C8H15NO3S/c1-4-8(2)5-6(8)7(10)9-13(3,11)12/h6H,4-5H2,1-3H3,(H,9,10). The van der Waals surface area contributed by atoms with Gasteiger partial charge in [-0.3, -0.25) is 9.52 Å². The highest BCUT2D eigenvalue weighted by molar-refractivity contribution is 7.89. The molecular weight excluding hydrogens is 190 g/mol. The summed E-state index contributed by atoms with van der Waals surface area (Å²) in [5, 5.41) is 0. The lowest BCUT2D eigenvalue weighted by Crippen LogP contribution is -2.31. The minimum absolute atomic E-state index is 0.0226. The molecule has 1 rings (SSSR count). The summed E-state index contributed by atoms with van der Waals surface area (Å²) in [6.07, 6.45) is 2.70. The van der Waals surface area contributed by atoms with Gasteiger partial charge in [0.05, 0.1) is 6.26 Å². The topological polar surface area (TPSA) is 63.2 Å². The number of hydrogen-bond acceptors (Lipinski definition) is 3. The van der Waals surface area contributed by atoms with Crippen molar-refractivity contribution in [2.45, 2.75) is 26.7 Å². The summed E-state index contributed by atoms with van der Waals surface area (Å²) < 4.78 is 23.5. The minimum atomic E-state index is -3.39. The highest BCUT2D eigenvalue weighted by Crippen LogP contribution is 2.54. The van der Waals surface area contributed by atoms with Gasteiger partial charge >= 0.3 is 0 Å². The first-order chi connectivity index (χ1) is 5.78. The van der Waals surface area contributed by atoms with Gasteiger partial charge in [-0.05, 0) is 18.3 Å². The third kappa shape index (κ3) is 2.43. The van der Waals surface area contributed by atoms with E-state index in [0.717, 1.165) is 19.1 Å². The van der Waals surface area contributed by atoms with Gasteiger partial charge in [0, 0.05) is 5.92 Å². The summed E-state index contributed by atoms with van der Waals surface area (Å²) in [5.74, 6) is -0.473. The van der Waals surface area contributed by atoms with E-state index in [1.54, 1.807) is 0 Å². The normalized spacial score (nSPS) is 32.7. The van der Waals surface area contributed by atoms with Crippen molar-refractivity contribution in [1.29, 1.82) is 0 Å². The van der Waals surface area contributed by atoms with Crippen molar-refractivity contribution in [1.82, 2.24) is 4.72 Å². The Kier molecular flexibility index (Phi) is 2.40. The molecule has 0 spiro atoms. The number of sulfonamides is 1. The van der Waals surface area contributed by atoms with Crippen molar-refractivity contribution < 1.29 is 13.2 Å². The molecule has 1 fully saturated rings. The fourth-order valence-corrected chi connectivity index (χ4v) is 1.97. The lowest BCUT2D eigenvalue weighted by Gasteiger charge is -2.06. The molecule has 0 aromatic rings. The monoisotopic (exact) mass is 205 g/mol. The molecule has 4 nitrogen and oxygen atoms in total. The Labute approximate surface area is 78.8 Å². The zero-order valence-corrected chi connectivity index (χ0v) is 8.94. The van der Waals surface area contributed by atoms with Gasteiger partial charge in [0.1, 0.15) is 0 Å². The quantitative estimate of drug-likeness (QED) is 0.729. The lowest BCUT2D eigenvalue weighted by molar-refractivity contribution is -0.121. The maximum atomic E-state index is 11.3. The van der Waals surface area contributed by atoms with Crippen LogP contribution in [0.2, 0.25) is 0 Å². The maximum Gasteiger partial charge on any atom is 0.237 e. The van der Waals surface area contributed by atoms with Crippen LogP contribution in [-0.2, 0) is 14.8 Å². The smallest absolute Gasteiger partial charge is 0.237 e. The predicted molar refractivity (Wildman–Crippen MR) is 49.5 cm³/mol. The van der Waals surface area contributed by atoms with Crippen LogP contribution < -0.4 is 4.72 Å². The molecule has 2 atom stereocenters. The Hall–Kier alpha value is -0.580. The van der Waals surface area contributed by atoms with E-state index in [9.17, 15) is 13.2 Å². The van der Waals surface area contributed by atoms with Crippen LogP contribution in [0.5, 0.6) is 0 Å². The summed E-state index contributed by atoms with van der Waals surface area (Å²) in [6.45, 7) is 4.01. The fourth-order valence-electron chi connectivity index (χ4n) is 1.46. The molecule has 0 heterocycles. The zero-order valence-electron chi connectivity index (χ0n) is 8.12. The Morgan fingerprint density at radius 2 is 2.15 bits per heavy atom. The summed E-state index contributed by atoms with van der Waals surface area (Å²) in [7, 11) is -3.39. The van der Waals surface area contributed by atoms with Gasteiger partial charge in [-0.25, -0.2) is 8.42 Å². The number of carbonyl (C=O) groups excluding carboxylic acids is 1. The van der Waals surface area contributed by atoms with E-state index in [1.807, 2.05) is 18.6 Å². The molecule has 0 radical (unpaired) electrons. The van der Waals surface area contributed by atoms with Crippen LogP contribution in [0.1, 0.15) is 26.7 Å². The number of hydrogen-bond donors (Lipinski definition) is 1. The summed E-state index contributed by atoms with van der Waals surface area (Å²) in [6, 6.07) is 0. The van der Waals surface area contributed by atoms with Crippen LogP contribution in [0.3, 0.4) is 0 Å². The van der Waals surface area contributed by atoms with Gasteiger partial charge in [-0.2, -0.15) is 0 Å². The Bertz CT molecular complexity index is 322. The molecule has 2 unspecified atom stereocenters. The van der Waals surface area contributed by atoms with Crippen molar-refractivity contribution >= 4 is 15.9 Å². The van der Waals surface area contributed by atoms with Crippen LogP contribution in [0.4, 0.5) is 0 Å². The molecule has 1 aliphatic carbocycles. The van der Waals surface area contributed by atoms with Crippen LogP contribution in [-0.4, -0.2) is 20.6 Å². The first-order valence-electron chi connectivity index (χ1n) is 4.30. The van der Waals surface area contributed by atoms with E-state index in [1.165, 1.54) is 0 Å². The van der Waals surface area contributed by atoms with Gasteiger partial charge in [0.25, 0.3) is 0 Å². The molecule has 0 aromatic carbocycles. The van der Waals surface area contributed by atoms with E-state index >= 15 is 0 Å². The first kappa shape index (κ1) is 10.5. The number of carbonyl (C=O) groups is 1. The lowest BCUT2D eigenvalue weighted by atomic mass is 10.0. The molecule has 13 heavy (non-hydrogen) atoms. The average Bonchev–Trinajstić information content (AvgIpc) is 2.60. The zero-order chi connectivity index (χ0) is 10.3. The highest BCUT2D eigenvalue weighted by atomic mass is 32.2. The van der Waals surface area contributed by atoms with Crippen molar-refractivity contribution in [2.24, 2.45) is 11.3 Å². The van der Waals surface area contributed by atoms with Gasteiger partial charge in [0.15, 0.2) is 0 Å². The van der Waals surface area contributed by atoms with Gasteiger partial charge in [0.2, 0.25) is 15.9 Å². The van der Waals surface area contributed by atoms with E-state index in [2.05, 4.69) is 0 Å². The molecule has 76 valence electrons. The third-order valence-corrected chi connectivity index (χ3v) is 3.33. The molecule has 5 heteroatoms. The second-order valence-corrected chi connectivity index (χ2v) is 5.75.